The van der Waals surface area contributed by atoms with Crippen LogP contribution in [-0.2, 0) is 4.74 Å². The monoisotopic (exact) mass is 364 g/mol. The van der Waals surface area contributed by atoms with Crippen molar-refractivity contribution in [3.8, 4) is 0 Å². The highest BCUT2D eigenvalue weighted by molar-refractivity contribution is 7.80. The molecule has 0 spiro atoms. The Balaban J connectivity index is 1.69. The van der Waals surface area contributed by atoms with Crippen LogP contribution in [0, 0.1) is 0 Å². The van der Waals surface area contributed by atoms with Crippen molar-refractivity contribution in [3.05, 3.63) is 77.9 Å². The Bertz CT molecular complexity index is 979. The molecule has 3 aromatic rings. The molecule has 0 unspecified atom stereocenters. The average molecular weight is 364 g/mol. The number of amides is 1. The van der Waals surface area contributed by atoms with E-state index in [0.717, 1.165) is 10.8 Å². The molecule has 0 aliphatic rings. The summed E-state index contributed by atoms with van der Waals surface area (Å²) in [5.41, 5.74) is 1.64. The number of benzene rings is 3. The largest absolute Gasteiger partial charge is 0.465 e. The van der Waals surface area contributed by atoms with Gasteiger partial charge in [-0.3, -0.25) is 10.1 Å². The molecule has 6 heteroatoms. The topological polar surface area (TPSA) is 67.4 Å². The number of thiocarbonyl (C=S) groups is 1. The van der Waals surface area contributed by atoms with Crippen molar-refractivity contribution in [2.24, 2.45) is 0 Å². The van der Waals surface area contributed by atoms with Crippen LogP contribution < -0.4 is 10.6 Å². The van der Waals surface area contributed by atoms with Gasteiger partial charge in [0.15, 0.2) is 5.11 Å². The Hall–Kier alpha value is -3.25. The van der Waals surface area contributed by atoms with E-state index in [4.69, 9.17) is 12.2 Å². The fourth-order valence-electron chi connectivity index (χ4n) is 2.56. The Morgan fingerprint density at radius 2 is 1.62 bits per heavy atom. The van der Waals surface area contributed by atoms with E-state index in [9.17, 15) is 9.59 Å². The Morgan fingerprint density at radius 3 is 2.35 bits per heavy atom. The summed E-state index contributed by atoms with van der Waals surface area (Å²) < 4.78 is 4.65. The molecule has 26 heavy (non-hydrogen) atoms. The molecule has 0 heterocycles. The summed E-state index contributed by atoms with van der Waals surface area (Å²) in [6, 6.07) is 19.8. The smallest absolute Gasteiger partial charge is 0.337 e. The van der Waals surface area contributed by atoms with Gasteiger partial charge in [0.1, 0.15) is 0 Å². The van der Waals surface area contributed by atoms with Gasteiger partial charge in [0.05, 0.1) is 12.7 Å². The van der Waals surface area contributed by atoms with Gasteiger partial charge in [0.2, 0.25) is 0 Å². The molecule has 0 bridgehead atoms. The lowest BCUT2D eigenvalue weighted by Crippen LogP contribution is -2.34. The van der Waals surface area contributed by atoms with Crippen molar-refractivity contribution in [1.29, 1.82) is 0 Å². The second-order valence-electron chi connectivity index (χ2n) is 5.50. The maximum atomic E-state index is 12.5. The van der Waals surface area contributed by atoms with E-state index >= 15 is 0 Å². The first-order chi connectivity index (χ1) is 12.6. The first kappa shape index (κ1) is 17.6. The molecule has 130 valence electrons. The van der Waals surface area contributed by atoms with Crippen LogP contribution in [0.25, 0.3) is 10.8 Å². The quantitative estimate of drug-likeness (QED) is 0.547. The zero-order chi connectivity index (χ0) is 18.5. The fraction of sp³-hybridized carbons (Fsp3) is 0.0500. The summed E-state index contributed by atoms with van der Waals surface area (Å²) in [4.78, 5) is 24.0. The SMILES string of the molecule is COC(=O)c1ccc(NC(=S)NC(=O)c2cccc3ccccc23)cc1. The van der Waals surface area contributed by atoms with Crippen LogP contribution in [0.3, 0.4) is 0 Å². The minimum atomic E-state index is -0.414. The van der Waals surface area contributed by atoms with Crippen molar-refractivity contribution >= 4 is 45.7 Å². The van der Waals surface area contributed by atoms with Gasteiger partial charge in [-0.25, -0.2) is 4.79 Å². The molecule has 5 nitrogen and oxygen atoms in total. The number of carbonyl (C=O) groups excluding carboxylic acids is 2. The molecule has 0 saturated carbocycles. The fourth-order valence-corrected chi connectivity index (χ4v) is 2.77. The summed E-state index contributed by atoms with van der Waals surface area (Å²) in [5, 5.41) is 7.61. The first-order valence-corrected chi connectivity index (χ1v) is 8.28. The molecule has 0 aliphatic carbocycles. The van der Waals surface area contributed by atoms with Crippen molar-refractivity contribution in [1.82, 2.24) is 5.32 Å². The number of hydrogen-bond acceptors (Lipinski definition) is 4. The Kier molecular flexibility index (Phi) is 5.24. The van der Waals surface area contributed by atoms with Crippen LogP contribution in [0.1, 0.15) is 20.7 Å². The van der Waals surface area contributed by atoms with E-state index in [2.05, 4.69) is 15.4 Å². The van der Waals surface area contributed by atoms with Gasteiger partial charge in [0.25, 0.3) is 5.91 Å². The van der Waals surface area contributed by atoms with E-state index in [1.54, 1.807) is 30.3 Å². The number of carbonyl (C=O) groups is 2. The van der Waals surface area contributed by atoms with Gasteiger partial charge in [-0.15, -0.1) is 0 Å². The second kappa shape index (κ2) is 7.76. The van der Waals surface area contributed by atoms with Crippen molar-refractivity contribution in [3.63, 3.8) is 0 Å². The minimum Gasteiger partial charge on any atom is -0.465 e. The summed E-state index contributed by atoms with van der Waals surface area (Å²) >= 11 is 5.21. The molecular formula is C20H16N2O3S. The maximum absolute atomic E-state index is 12.5. The Labute approximate surface area is 156 Å². The number of rotatable bonds is 3. The van der Waals surface area contributed by atoms with E-state index in [1.807, 2.05) is 36.4 Å². The molecule has 0 atom stereocenters. The number of fused-ring (bicyclic) bond motifs is 1. The lowest BCUT2D eigenvalue weighted by Gasteiger charge is -2.11. The summed E-state index contributed by atoms with van der Waals surface area (Å²) in [6.45, 7) is 0. The molecule has 3 rings (SSSR count). The lowest BCUT2D eigenvalue weighted by atomic mass is 10.0. The zero-order valence-electron chi connectivity index (χ0n) is 14.0. The molecule has 0 saturated heterocycles. The third kappa shape index (κ3) is 3.87. The van der Waals surface area contributed by atoms with E-state index in [-0.39, 0.29) is 11.0 Å². The van der Waals surface area contributed by atoms with Gasteiger partial charge in [-0.05, 0) is 53.3 Å². The van der Waals surface area contributed by atoms with Crippen LogP contribution in [-0.4, -0.2) is 24.1 Å². The molecular weight excluding hydrogens is 348 g/mol. The minimum absolute atomic E-state index is 0.175. The molecule has 2 N–H and O–H groups in total. The van der Waals surface area contributed by atoms with Gasteiger partial charge >= 0.3 is 5.97 Å². The molecule has 0 fully saturated rings. The number of hydrogen-bond donors (Lipinski definition) is 2. The number of nitrogens with one attached hydrogen (secondary N) is 2. The normalized spacial score (nSPS) is 10.2. The van der Waals surface area contributed by atoms with Crippen molar-refractivity contribution < 1.29 is 14.3 Å². The molecule has 3 aromatic carbocycles. The molecule has 0 aliphatic heterocycles. The first-order valence-electron chi connectivity index (χ1n) is 7.87. The van der Waals surface area contributed by atoms with Gasteiger partial charge in [-0.1, -0.05) is 36.4 Å². The highest BCUT2D eigenvalue weighted by Crippen LogP contribution is 2.18. The zero-order valence-corrected chi connectivity index (χ0v) is 14.8. The molecule has 0 radical (unpaired) electrons. The average Bonchev–Trinajstić information content (AvgIpc) is 2.67. The highest BCUT2D eigenvalue weighted by Gasteiger charge is 2.11. The van der Waals surface area contributed by atoms with Crippen molar-refractivity contribution in [2.45, 2.75) is 0 Å². The van der Waals surface area contributed by atoms with Crippen molar-refractivity contribution in [2.75, 3.05) is 12.4 Å². The third-order valence-corrected chi connectivity index (χ3v) is 4.03. The Morgan fingerprint density at radius 1 is 0.923 bits per heavy atom. The summed E-state index contributed by atoms with van der Waals surface area (Å²) in [5.74, 6) is -0.700. The number of methoxy groups -OCH3 is 1. The van der Waals surface area contributed by atoms with E-state index in [1.165, 1.54) is 7.11 Å². The van der Waals surface area contributed by atoms with Crippen LogP contribution in [0.15, 0.2) is 66.7 Å². The predicted molar refractivity (Wildman–Crippen MR) is 105 cm³/mol. The third-order valence-electron chi connectivity index (χ3n) is 3.83. The summed E-state index contributed by atoms with van der Waals surface area (Å²) in [7, 11) is 1.33. The van der Waals surface area contributed by atoms with Crippen LogP contribution in [0.4, 0.5) is 5.69 Å². The number of esters is 1. The second-order valence-corrected chi connectivity index (χ2v) is 5.91. The van der Waals surface area contributed by atoms with Gasteiger partial charge < -0.3 is 10.1 Å². The summed E-state index contributed by atoms with van der Waals surface area (Å²) in [6.07, 6.45) is 0. The molecule has 0 aromatic heterocycles. The van der Waals surface area contributed by atoms with Crippen LogP contribution >= 0.6 is 12.2 Å². The van der Waals surface area contributed by atoms with Crippen LogP contribution in [0.2, 0.25) is 0 Å². The van der Waals surface area contributed by atoms with E-state index in [0.29, 0.717) is 16.8 Å². The predicted octanol–water partition coefficient (Wildman–Crippen LogP) is 3.75. The highest BCUT2D eigenvalue weighted by atomic mass is 32.1. The van der Waals surface area contributed by atoms with Gasteiger partial charge in [0, 0.05) is 11.3 Å². The number of anilines is 1. The standard InChI is InChI=1S/C20H16N2O3S/c1-25-19(24)14-9-11-15(12-10-14)21-20(26)22-18(23)17-8-4-6-13-5-2-3-7-16(13)17/h2-12H,1H3,(H2,21,22,23,26). The molecule has 1 amide bonds. The van der Waals surface area contributed by atoms with Crippen LogP contribution in [0.5, 0.6) is 0 Å². The van der Waals surface area contributed by atoms with Gasteiger partial charge in [-0.2, -0.15) is 0 Å². The lowest BCUT2D eigenvalue weighted by molar-refractivity contribution is 0.0600. The maximum Gasteiger partial charge on any atom is 0.337 e. The van der Waals surface area contributed by atoms with E-state index < -0.39 is 5.97 Å². The number of ether oxygens (including phenoxy) is 1.